The van der Waals surface area contributed by atoms with Crippen LogP contribution in [0.3, 0.4) is 0 Å². The number of carbonyl (C=O) groups is 1. The molecule has 0 spiro atoms. The fourth-order valence-corrected chi connectivity index (χ4v) is 2.62. The number of hydrogen-bond donors (Lipinski definition) is 1. The number of halogens is 2. The summed E-state index contributed by atoms with van der Waals surface area (Å²) in [5.74, 6) is 0.208. The first-order chi connectivity index (χ1) is 11.4. The monoisotopic (exact) mass is 414 g/mol. The molecule has 1 N–H and O–H groups in total. The van der Waals surface area contributed by atoms with Crippen molar-refractivity contribution in [1.82, 2.24) is 0 Å². The molecule has 7 nitrogen and oxygen atoms in total. The molecule has 2 aromatic carbocycles. The van der Waals surface area contributed by atoms with Crippen LogP contribution in [-0.2, 0) is 4.79 Å². The fourth-order valence-electron chi connectivity index (χ4n) is 1.82. The maximum atomic E-state index is 12.0. The van der Waals surface area contributed by atoms with E-state index in [-0.39, 0.29) is 18.0 Å². The highest BCUT2D eigenvalue weighted by Crippen LogP contribution is 2.30. The van der Waals surface area contributed by atoms with E-state index in [4.69, 9.17) is 21.1 Å². The van der Waals surface area contributed by atoms with Crippen LogP contribution in [-0.4, -0.2) is 24.5 Å². The number of nitro groups is 1. The lowest BCUT2D eigenvalue weighted by atomic mass is 10.2. The summed E-state index contributed by atoms with van der Waals surface area (Å²) in [5.41, 5.74) is 0.179. The first-order valence-electron chi connectivity index (χ1n) is 6.61. The number of nitrogens with one attached hydrogen (secondary N) is 1. The normalized spacial score (nSPS) is 10.1. The third-order valence-corrected chi connectivity index (χ3v) is 3.78. The topological polar surface area (TPSA) is 90.7 Å². The first-order valence-corrected chi connectivity index (χ1v) is 7.78. The minimum atomic E-state index is -0.546. The molecule has 0 atom stereocenters. The Morgan fingerprint density at radius 2 is 2.04 bits per heavy atom. The summed E-state index contributed by atoms with van der Waals surface area (Å²) in [6, 6.07) is 8.81. The van der Waals surface area contributed by atoms with E-state index in [0.29, 0.717) is 20.9 Å². The molecule has 2 aromatic rings. The Bertz CT molecular complexity index is 784. The Balaban J connectivity index is 2.03. The molecule has 0 aromatic heterocycles. The largest absolute Gasteiger partial charge is 0.494 e. The Morgan fingerprint density at radius 3 is 2.67 bits per heavy atom. The van der Waals surface area contributed by atoms with Gasteiger partial charge in [-0.15, -0.1) is 0 Å². The zero-order chi connectivity index (χ0) is 17.7. The quantitative estimate of drug-likeness (QED) is 0.568. The van der Waals surface area contributed by atoms with Crippen LogP contribution in [0.5, 0.6) is 11.5 Å². The van der Waals surface area contributed by atoms with Crippen LogP contribution in [0.2, 0.25) is 5.02 Å². The minimum absolute atomic E-state index is 0.133. The second-order valence-corrected chi connectivity index (χ2v) is 5.84. The third-order valence-electron chi connectivity index (χ3n) is 2.92. The molecule has 0 radical (unpaired) electrons. The van der Waals surface area contributed by atoms with E-state index in [9.17, 15) is 14.9 Å². The van der Waals surface area contributed by atoms with Crippen molar-refractivity contribution in [3.05, 3.63) is 56.0 Å². The standard InChI is InChI=1S/C15H12BrClN2O5/c1-23-14-7-10(19(21)22)3-4-12(14)18-15(20)8-24-13-5-2-9(17)6-11(13)16/h2-7H,8H2,1H3,(H,18,20). The molecule has 126 valence electrons. The van der Waals surface area contributed by atoms with Crippen LogP contribution in [0.1, 0.15) is 0 Å². The summed E-state index contributed by atoms with van der Waals surface area (Å²) < 4.78 is 11.1. The van der Waals surface area contributed by atoms with Crippen molar-refractivity contribution in [3.8, 4) is 11.5 Å². The van der Waals surface area contributed by atoms with Crippen LogP contribution in [0, 0.1) is 10.1 Å². The van der Waals surface area contributed by atoms with Gasteiger partial charge in [0.05, 0.1) is 28.3 Å². The van der Waals surface area contributed by atoms with Gasteiger partial charge in [0.2, 0.25) is 0 Å². The molecule has 0 saturated carbocycles. The number of methoxy groups -OCH3 is 1. The van der Waals surface area contributed by atoms with Crippen LogP contribution >= 0.6 is 27.5 Å². The smallest absolute Gasteiger partial charge is 0.273 e. The van der Waals surface area contributed by atoms with Gasteiger partial charge in [-0.2, -0.15) is 0 Å². The number of ether oxygens (including phenoxy) is 2. The van der Waals surface area contributed by atoms with E-state index < -0.39 is 10.8 Å². The van der Waals surface area contributed by atoms with Gasteiger partial charge in [0, 0.05) is 11.1 Å². The van der Waals surface area contributed by atoms with Gasteiger partial charge in [-0.3, -0.25) is 14.9 Å². The molecule has 1 amide bonds. The average molecular weight is 416 g/mol. The molecule has 0 saturated heterocycles. The van der Waals surface area contributed by atoms with E-state index in [1.54, 1.807) is 18.2 Å². The average Bonchev–Trinajstić information content (AvgIpc) is 2.54. The van der Waals surface area contributed by atoms with Crippen molar-refractivity contribution in [2.45, 2.75) is 0 Å². The van der Waals surface area contributed by atoms with Gasteiger partial charge in [0.25, 0.3) is 11.6 Å². The van der Waals surface area contributed by atoms with E-state index >= 15 is 0 Å². The lowest BCUT2D eigenvalue weighted by Gasteiger charge is -2.11. The highest BCUT2D eigenvalue weighted by molar-refractivity contribution is 9.10. The number of amides is 1. The Labute approximate surface area is 150 Å². The number of non-ortho nitro benzene ring substituents is 1. The van der Waals surface area contributed by atoms with Gasteiger partial charge in [-0.05, 0) is 40.2 Å². The molecule has 0 aliphatic carbocycles. The molecule has 0 bridgehead atoms. The zero-order valence-corrected chi connectivity index (χ0v) is 14.8. The van der Waals surface area contributed by atoms with Crippen molar-refractivity contribution >= 4 is 44.8 Å². The summed E-state index contributed by atoms with van der Waals surface area (Å²) in [6.07, 6.45) is 0. The van der Waals surface area contributed by atoms with Gasteiger partial charge >= 0.3 is 0 Å². The lowest BCUT2D eigenvalue weighted by Crippen LogP contribution is -2.20. The van der Waals surface area contributed by atoms with Gasteiger partial charge in [-0.1, -0.05) is 11.6 Å². The predicted molar refractivity (Wildman–Crippen MR) is 92.9 cm³/mol. The number of nitro benzene ring substituents is 1. The lowest BCUT2D eigenvalue weighted by molar-refractivity contribution is -0.384. The van der Waals surface area contributed by atoms with Crippen LogP contribution in [0.4, 0.5) is 11.4 Å². The number of hydrogen-bond acceptors (Lipinski definition) is 5. The van der Waals surface area contributed by atoms with Crippen molar-refractivity contribution in [1.29, 1.82) is 0 Å². The highest BCUT2D eigenvalue weighted by Gasteiger charge is 2.14. The Morgan fingerprint density at radius 1 is 1.29 bits per heavy atom. The third kappa shape index (κ3) is 4.59. The molecule has 0 unspecified atom stereocenters. The van der Waals surface area contributed by atoms with E-state index in [1.807, 2.05) is 0 Å². The van der Waals surface area contributed by atoms with Gasteiger partial charge < -0.3 is 14.8 Å². The van der Waals surface area contributed by atoms with Crippen molar-refractivity contribution < 1.29 is 19.2 Å². The number of nitrogens with zero attached hydrogens (tertiary/aromatic N) is 1. The minimum Gasteiger partial charge on any atom is -0.494 e. The van der Waals surface area contributed by atoms with E-state index in [1.165, 1.54) is 25.3 Å². The predicted octanol–water partition coefficient (Wildman–Crippen LogP) is 4.04. The van der Waals surface area contributed by atoms with Crippen LogP contribution in [0.15, 0.2) is 40.9 Å². The van der Waals surface area contributed by atoms with Gasteiger partial charge in [0.15, 0.2) is 6.61 Å². The molecular formula is C15H12BrClN2O5. The summed E-state index contributed by atoms with van der Waals surface area (Å²) >= 11 is 9.11. The summed E-state index contributed by atoms with van der Waals surface area (Å²) in [6.45, 7) is -0.250. The summed E-state index contributed by atoms with van der Waals surface area (Å²) in [5, 5.41) is 13.9. The molecule has 0 fully saturated rings. The summed E-state index contributed by atoms with van der Waals surface area (Å²) in [4.78, 5) is 22.2. The van der Waals surface area contributed by atoms with Crippen molar-refractivity contribution in [2.24, 2.45) is 0 Å². The Kier molecular flexibility index (Phi) is 5.99. The van der Waals surface area contributed by atoms with Gasteiger partial charge in [0.1, 0.15) is 11.5 Å². The van der Waals surface area contributed by atoms with E-state index in [2.05, 4.69) is 21.2 Å². The number of anilines is 1. The van der Waals surface area contributed by atoms with Crippen molar-refractivity contribution in [2.75, 3.05) is 19.0 Å². The molecule has 9 heteroatoms. The van der Waals surface area contributed by atoms with Crippen molar-refractivity contribution in [3.63, 3.8) is 0 Å². The van der Waals surface area contributed by atoms with Crippen LogP contribution < -0.4 is 14.8 Å². The molecule has 24 heavy (non-hydrogen) atoms. The highest BCUT2D eigenvalue weighted by atomic mass is 79.9. The molecule has 0 aliphatic rings. The second-order valence-electron chi connectivity index (χ2n) is 4.55. The maximum Gasteiger partial charge on any atom is 0.273 e. The zero-order valence-electron chi connectivity index (χ0n) is 12.4. The summed E-state index contributed by atoms with van der Waals surface area (Å²) in [7, 11) is 1.36. The number of carbonyl (C=O) groups excluding carboxylic acids is 1. The molecule has 0 heterocycles. The maximum absolute atomic E-state index is 12.0. The second kappa shape index (κ2) is 7.98. The molecule has 0 aliphatic heterocycles. The Hall–Kier alpha value is -2.32. The van der Waals surface area contributed by atoms with Crippen LogP contribution in [0.25, 0.3) is 0 Å². The number of benzene rings is 2. The molecular weight excluding hydrogens is 404 g/mol. The SMILES string of the molecule is COc1cc([N+](=O)[O-])ccc1NC(=O)COc1ccc(Cl)cc1Br. The fraction of sp³-hybridized carbons (Fsp3) is 0.133. The van der Waals surface area contributed by atoms with E-state index in [0.717, 1.165) is 0 Å². The molecule has 2 rings (SSSR count). The number of rotatable bonds is 6. The van der Waals surface area contributed by atoms with Gasteiger partial charge in [-0.25, -0.2) is 0 Å². The first kappa shape index (κ1) is 18.0.